The summed E-state index contributed by atoms with van der Waals surface area (Å²) in [5.41, 5.74) is 0.796. The normalized spacial score (nSPS) is 14.1. The van der Waals surface area contributed by atoms with Crippen LogP contribution in [0.5, 0.6) is 0 Å². The average Bonchev–Trinajstić information content (AvgIpc) is 2.69. The van der Waals surface area contributed by atoms with Gasteiger partial charge < -0.3 is 15.5 Å². The minimum absolute atomic E-state index is 0.00174. The van der Waals surface area contributed by atoms with Crippen LogP contribution >= 0.6 is 0 Å². The molecule has 0 saturated carbocycles. The van der Waals surface area contributed by atoms with Crippen molar-refractivity contribution in [1.82, 2.24) is 15.1 Å². The number of hydrogen-bond acceptors (Lipinski definition) is 6. The fourth-order valence-electron chi connectivity index (χ4n) is 2.30. The van der Waals surface area contributed by atoms with E-state index in [0.29, 0.717) is 24.4 Å². The van der Waals surface area contributed by atoms with Gasteiger partial charge in [-0.3, -0.25) is 14.8 Å². The summed E-state index contributed by atoms with van der Waals surface area (Å²) in [6, 6.07) is 0.152. The number of aliphatic hydroxyl groups is 2. The summed E-state index contributed by atoms with van der Waals surface area (Å²) in [4.78, 5) is 10.5. The van der Waals surface area contributed by atoms with E-state index in [2.05, 4.69) is 10.4 Å². The molecular weight excluding hydrogens is 276 g/mol. The number of aromatic nitrogens is 2. The molecule has 3 N–H and O–H groups in total. The predicted molar refractivity (Wildman–Crippen MR) is 78.1 cm³/mol. The number of nitrogens with zero attached hydrogens (tertiary/aromatic N) is 3. The minimum atomic E-state index is -0.699. The van der Waals surface area contributed by atoms with Gasteiger partial charge in [-0.25, -0.2) is 0 Å². The smallest absolute Gasteiger partial charge is 0.312 e. The van der Waals surface area contributed by atoms with Crippen LogP contribution in [0.2, 0.25) is 0 Å². The molecule has 21 heavy (non-hydrogen) atoms. The lowest BCUT2D eigenvalue weighted by atomic mass is 10.1. The molecule has 8 heteroatoms. The first-order valence-electron chi connectivity index (χ1n) is 7.11. The zero-order chi connectivity index (χ0) is 16.0. The van der Waals surface area contributed by atoms with Crippen LogP contribution in [0.4, 0.5) is 5.69 Å². The predicted octanol–water partition coefficient (Wildman–Crippen LogP) is 0.520. The van der Waals surface area contributed by atoms with E-state index in [1.54, 1.807) is 13.8 Å². The van der Waals surface area contributed by atoms with Crippen molar-refractivity contribution >= 4 is 5.69 Å². The first-order chi connectivity index (χ1) is 9.90. The van der Waals surface area contributed by atoms with E-state index in [1.807, 2.05) is 6.92 Å². The van der Waals surface area contributed by atoms with Crippen LogP contribution < -0.4 is 5.32 Å². The third kappa shape index (κ3) is 4.76. The second-order valence-corrected chi connectivity index (χ2v) is 5.14. The maximum absolute atomic E-state index is 10.9. The molecule has 8 nitrogen and oxygen atoms in total. The molecule has 1 aromatic heterocycles. The van der Waals surface area contributed by atoms with Crippen molar-refractivity contribution in [1.29, 1.82) is 0 Å². The Kier molecular flexibility index (Phi) is 6.73. The molecule has 1 aromatic rings. The Bertz CT molecular complexity index is 475. The summed E-state index contributed by atoms with van der Waals surface area (Å²) in [6.45, 7) is 5.86. The van der Waals surface area contributed by atoms with Crippen LogP contribution in [-0.2, 0) is 6.54 Å². The van der Waals surface area contributed by atoms with E-state index in [9.17, 15) is 15.2 Å². The molecule has 0 bridgehead atoms. The quantitative estimate of drug-likeness (QED) is 0.452. The van der Waals surface area contributed by atoms with Crippen LogP contribution in [0.25, 0.3) is 0 Å². The molecule has 2 atom stereocenters. The Hall–Kier alpha value is -1.51. The lowest BCUT2D eigenvalue weighted by Crippen LogP contribution is -2.37. The van der Waals surface area contributed by atoms with Gasteiger partial charge in [-0.2, -0.15) is 5.10 Å². The second-order valence-electron chi connectivity index (χ2n) is 5.14. The van der Waals surface area contributed by atoms with E-state index < -0.39 is 11.0 Å². The van der Waals surface area contributed by atoms with Gasteiger partial charge in [0.05, 0.1) is 17.6 Å². The Labute approximate surface area is 123 Å². The first kappa shape index (κ1) is 17.5. The van der Waals surface area contributed by atoms with Crippen molar-refractivity contribution in [2.45, 2.75) is 52.3 Å². The van der Waals surface area contributed by atoms with Gasteiger partial charge in [-0.05, 0) is 26.7 Å². The van der Waals surface area contributed by atoms with Crippen molar-refractivity contribution in [2.24, 2.45) is 0 Å². The standard InChI is InChI=1S/C13H24N4O4/c1-4-11(5-6-18)14-7-12(19)8-16-10(3)13(17(20)21)9(2)15-16/h11-12,14,18-19H,4-8H2,1-3H3. The summed E-state index contributed by atoms with van der Waals surface area (Å²) in [7, 11) is 0. The molecule has 0 aliphatic carbocycles. The van der Waals surface area contributed by atoms with Gasteiger partial charge in [-0.15, -0.1) is 0 Å². The van der Waals surface area contributed by atoms with Crippen molar-refractivity contribution in [3.63, 3.8) is 0 Å². The number of hydrogen-bond donors (Lipinski definition) is 3. The van der Waals surface area contributed by atoms with Gasteiger partial charge in [0.2, 0.25) is 0 Å². The summed E-state index contributed by atoms with van der Waals surface area (Å²) in [6.07, 6.45) is 0.795. The summed E-state index contributed by atoms with van der Waals surface area (Å²) in [5, 5.41) is 37.1. The average molecular weight is 300 g/mol. The van der Waals surface area contributed by atoms with E-state index in [-0.39, 0.29) is 24.9 Å². The number of rotatable bonds is 9. The zero-order valence-electron chi connectivity index (χ0n) is 12.7. The van der Waals surface area contributed by atoms with Crippen molar-refractivity contribution < 1.29 is 15.1 Å². The largest absolute Gasteiger partial charge is 0.396 e. The molecule has 0 fully saturated rings. The van der Waals surface area contributed by atoms with Crippen molar-refractivity contribution in [3.8, 4) is 0 Å². The van der Waals surface area contributed by atoms with Gasteiger partial charge in [0, 0.05) is 19.2 Å². The second kappa shape index (κ2) is 8.06. The van der Waals surface area contributed by atoms with Crippen LogP contribution in [0.1, 0.15) is 31.2 Å². The molecule has 0 radical (unpaired) electrons. The van der Waals surface area contributed by atoms with Crippen molar-refractivity contribution in [2.75, 3.05) is 13.2 Å². The van der Waals surface area contributed by atoms with Gasteiger partial charge in [0.25, 0.3) is 0 Å². The molecule has 2 unspecified atom stereocenters. The van der Waals surface area contributed by atoms with Crippen molar-refractivity contribution in [3.05, 3.63) is 21.5 Å². The summed E-state index contributed by atoms with van der Waals surface area (Å²) < 4.78 is 1.47. The molecule has 1 rings (SSSR count). The molecular formula is C13H24N4O4. The van der Waals surface area contributed by atoms with Gasteiger partial charge in [-0.1, -0.05) is 6.92 Å². The first-order valence-corrected chi connectivity index (χ1v) is 7.11. The minimum Gasteiger partial charge on any atom is -0.396 e. The molecule has 0 saturated heterocycles. The summed E-state index contributed by atoms with van der Waals surface area (Å²) >= 11 is 0. The molecule has 0 spiro atoms. The third-order valence-electron chi connectivity index (χ3n) is 3.52. The highest BCUT2D eigenvalue weighted by Crippen LogP contribution is 2.21. The molecule has 0 aromatic carbocycles. The Balaban J connectivity index is 2.61. The van der Waals surface area contributed by atoms with Crippen LogP contribution in [-0.4, -0.2) is 50.2 Å². The fourth-order valence-corrected chi connectivity index (χ4v) is 2.30. The maximum Gasteiger partial charge on any atom is 0.312 e. The van der Waals surface area contributed by atoms with Gasteiger partial charge in [0.1, 0.15) is 11.4 Å². The number of nitro groups is 1. The van der Waals surface area contributed by atoms with E-state index in [1.165, 1.54) is 4.68 Å². The SMILES string of the molecule is CCC(CCO)NCC(O)Cn1nc(C)c([N+](=O)[O-])c1C. The van der Waals surface area contributed by atoms with E-state index >= 15 is 0 Å². The lowest BCUT2D eigenvalue weighted by molar-refractivity contribution is -0.386. The number of aryl methyl sites for hydroxylation is 1. The molecule has 0 amide bonds. The van der Waals surface area contributed by atoms with Crippen LogP contribution in [0.3, 0.4) is 0 Å². The zero-order valence-corrected chi connectivity index (χ0v) is 12.7. The molecule has 0 aliphatic heterocycles. The third-order valence-corrected chi connectivity index (χ3v) is 3.52. The van der Waals surface area contributed by atoms with Crippen LogP contribution in [0.15, 0.2) is 0 Å². The lowest BCUT2D eigenvalue weighted by Gasteiger charge is -2.19. The van der Waals surface area contributed by atoms with E-state index in [0.717, 1.165) is 6.42 Å². The van der Waals surface area contributed by atoms with E-state index in [4.69, 9.17) is 5.11 Å². The molecule has 120 valence electrons. The maximum atomic E-state index is 10.9. The molecule has 1 heterocycles. The number of nitrogens with one attached hydrogen (secondary N) is 1. The topological polar surface area (TPSA) is 113 Å². The fraction of sp³-hybridized carbons (Fsp3) is 0.769. The monoisotopic (exact) mass is 300 g/mol. The highest BCUT2D eigenvalue weighted by Gasteiger charge is 2.22. The highest BCUT2D eigenvalue weighted by molar-refractivity contribution is 5.39. The highest BCUT2D eigenvalue weighted by atomic mass is 16.6. The van der Waals surface area contributed by atoms with Crippen LogP contribution in [0, 0.1) is 24.0 Å². The Morgan fingerprint density at radius 2 is 2.14 bits per heavy atom. The Morgan fingerprint density at radius 3 is 2.62 bits per heavy atom. The Morgan fingerprint density at radius 1 is 1.48 bits per heavy atom. The summed E-state index contributed by atoms with van der Waals surface area (Å²) in [5.74, 6) is 0. The molecule has 0 aliphatic rings. The van der Waals surface area contributed by atoms with Gasteiger partial charge in [0.15, 0.2) is 0 Å². The van der Waals surface area contributed by atoms with Gasteiger partial charge >= 0.3 is 5.69 Å². The number of aliphatic hydroxyl groups excluding tert-OH is 2.